The molecule has 2 atom stereocenters. The van der Waals surface area contributed by atoms with E-state index in [2.05, 4.69) is 22.0 Å². The lowest BCUT2D eigenvalue weighted by molar-refractivity contribution is -0.158. The summed E-state index contributed by atoms with van der Waals surface area (Å²) in [6.45, 7) is 4.07. The average Bonchev–Trinajstić information content (AvgIpc) is 3.20. The highest BCUT2D eigenvalue weighted by atomic mass is 16.5. The lowest BCUT2D eigenvalue weighted by Gasteiger charge is -2.47. The fourth-order valence-corrected chi connectivity index (χ4v) is 5.41. The van der Waals surface area contributed by atoms with E-state index in [-0.39, 0.29) is 18.4 Å². The second-order valence-electron chi connectivity index (χ2n) is 9.37. The Labute approximate surface area is 200 Å². The van der Waals surface area contributed by atoms with Crippen molar-refractivity contribution in [2.45, 2.75) is 31.8 Å². The van der Waals surface area contributed by atoms with Crippen LogP contribution in [0.4, 0.5) is 0 Å². The normalized spacial score (nSPS) is 20.1. The summed E-state index contributed by atoms with van der Waals surface area (Å²) in [5.41, 5.74) is 4.02. The van der Waals surface area contributed by atoms with Gasteiger partial charge in [0.2, 0.25) is 11.8 Å². The van der Waals surface area contributed by atoms with Crippen LogP contribution in [0.1, 0.15) is 36.2 Å². The molecule has 5 rings (SSSR count). The molecular weight excluding hydrogens is 428 g/mol. The summed E-state index contributed by atoms with van der Waals surface area (Å²) in [6, 6.07) is 15.1. The molecule has 0 saturated carbocycles. The predicted octanol–water partition coefficient (Wildman–Crippen LogP) is 3.20. The third-order valence-electron chi connectivity index (χ3n) is 6.89. The van der Waals surface area contributed by atoms with Crippen molar-refractivity contribution in [2.75, 3.05) is 40.3 Å². The number of carbonyl (C=O) groups is 2. The average molecular weight is 461 g/mol. The molecule has 1 saturated heterocycles. The number of H-pyrrole nitrogens is 1. The van der Waals surface area contributed by atoms with Gasteiger partial charge in [0.25, 0.3) is 0 Å². The first kappa shape index (κ1) is 22.5. The van der Waals surface area contributed by atoms with Gasteiger partial charge in [-0.1, -0.05) is 36.4 Å². The molecule has 2 aliphatic heterocycles. The first-order valence-corrected chi connectivity index (χ1v) is 12.1. The zero-order valence-corrected chi connectivity index (χ0v) is 20.1. The molecular formula is C27H32N4O3. The van der Waals surface area contributed by atoms with E-state index >= 15 is 0 Å². The van der Waals surface area contributed by atoms with E-state index in [1.165, 1.54) is 0 Å². The molecule has 2 aliphatic rings. The van der Waals surface area contributed by atoms with E-state index in [1.807, 2.05) is 57.4 Å². The van der Waals surface area contributed by atoms with Gasteiger partial charge in [-0.25, -0.2) is 0 Å². The van der Waals surface area contributed by atoms with Crippen LogP contribution in [0.2, 0.25) is 0 Å². The predicted molar refractivity (Wildman–Crippen MR) is 132 cm³/mol. The molecule has 0 radical (unpaired) electrons. The number of para-hydroxylation sites is 2. The molecule has 2 unspecified atom stereocenters. The van der Waals surface area contributed by atoms with Gasteiger partial charge in [-0.2, -0.15) is 0 Å². The van der Waals surface area contributed by atoms with Crippen molar-refractivity contribution in [1.29, 1.82) is 0 Å². The SMILES string of the molecule is CCOc1ccccc1C1c2[nH]c3ccccc3c2CC2C(=O)N(CCCN(C)C)CC(=O)N21. The number of piperazine rings is 1. The molecule has 0 bridgehead atoms. The molecule has 7 heteroatoms. The molecule has 0 aliphatic carbocycles. The Bertz CT molecular complexity index is 1220. The van der Waals surface area contributed by atoms with Crippen LogP contribution in [0.15, 0.2) is 48.5 Å². The number of nitrogens with one attached hydrogen (secondary N) is 1. The Balaban J connectivity index is 1.61. The summed E-state index contributed by atoms with van der Waals surface area (Å²) in [5.74, 6) is 0.761. The smallest absolute Gasteiger partial charge is 0.246 e. The third kappa shape index (κ3) is 3.84. The minimum absolute atomic E-state index is 0.0185. The Morgan fingerprint density at radius 2 is 1.85 bits per heavy atom. The summed E-state index contributed by atoms with van der Waals surface area (Å²) in [7, 11) is 4.04. The molecule has 3 heterocycles. The van der Waals surface area contributed by atoms with Gasteiger partial charge >= 0.3 is 0 Å². The molecule has 1 aromatic heterocycles. The molecule has 2 aromatic carbocycles. The number of ether oxygens (including phenoxy) is 1. The topological polar surface area (TPSA) is 68.9 Å². The van der Waals surface area contributed by atoms with Crippen LogP contribution in [-0.2, 0) is 16.0 Å². The second-order valence-corrected chi connectivity index (χ2v) is 9.37. The molecule has 3 aromatic rings. The maximum Gasteiger partial charge on any atom is 0.246 e. The van der Waals surface area contributed by atoms with Gasteiger partial charge in [-0.3, -0.25) is 9.59 Å². The number of carbonyl (C=O) groups excluding carboxylic acids is 2. The largest absolute Gasteiger partial charge is 0.494 e. The lowest BCUT2D eigenvalue weighted by atomic mass is 9.86. The van der Waals surface area contributed by atoms with Crippen LogP contribution in [-0.4, -0.2) is 77.9 Å². The zero-order chi connectivity index (χ0) is 23.8. The van der Waals surface area contributed by atoms with Crippen LogP contribution in [0.3, 0.4) is 0 Å². The van der Waals surface area contributed by atoms with Crippen molar-refractivity contribution < 1.29 is 14.3 Å². The highest BCUT2D eigenvalue weighted by Gasteiger charge is 2.48. The lowest BCUT2D eigenvalue weighted by Crippen LogP contribution is -2.63. The van der Waals surface area contributed by atoms with Crippen molar-refractivity contribution in [3.8, 4) is 5.75 Å². The maximum atomic E-state index is 13.7. The number of rotatable bonds is 7. The Morgan fingerprint density at radius 3 is 2.65 bits per heavy atom. The highest BCUT2D eigenvalue weighted by Crippen LogP contribution is 2.44. The number of hydrogen-bond acceptors (Lipinski definition) is 4. The minimum Gasteiger partial charge on any atom is -0.494 e. The van der Waals surface area contributed by atoms with Gasteiger partial charge in [0, 0.05) is 35.1 Å². The first-order valence-electron chi connectivity index (χ1n) is 12.1. The summed E-state index contributed by atoms with van der Waals surface area (Å²) in [5, 5.41) is 1.11. The van der Waals surface area contributed by atoms with Crippen LogP contribution < -0.4 is 4.74 Å². The van der Waals surface area contributed by atoms with Crippen LogP contribution in [0.25, 0.3) is 10.9 Å². The molecule has 1 fully saturated rings. The molecule has 7 nitrogen and oxygen atoms in total. The van der Waals surface area contributed by atoms with Crippen LogP contribution >= 0.6 is 0 Å². The van der Waals surface area contributed by atoms with Crippen LogP contribution in [0, 0.1) is 0 Å². The van der Waals surface area contributed by atoms with Crippen molar-refractivity contribution in [2.24, 2.45) is 0 Å². The van der Waals surface area contributed by atoms with Gasteiger partial charge in [0.05, 0.1) is 13.2 Å². The fraction of sp³-hybridized carbons (Fsp3) is 0.407. The highest BCUT2D eigenvalue weighted by molar-refractivity contribution is 5.97. The van der Waals surface area contributed by atoms with Gasteiger partial charge in [0.1, 0.15) is 17.8 Å². The van der Waals surface area contributed by atoms with Crippen molar-refractivity contribution in [1.82, 2.24) is 19.7 Å². The molecule has 34 heavy (non-hydrogen) atoms. The number of amides is 2. The molecule has 0 spiro atoms. The summed E-state index contributed by atoms with van der Waals surface area (Å²) < 4.78 is 5.97. The van der Waals surface area contributed by atoms with E-state index in [4.69, 9.17) is 4.74 Å². The number of nitrogens with zero attached hydrogens (tertiary/aromatic N) is 3. The van der Waals surface area contributed by atoms with Crippen molar-refractivity contribution in [3.05, 3.63) is 65.4 Å². The summed E-state index contributed by atoms with van der Waals surface area (Å²) >= 11 is 0. The fourth-order valence-electron chi connectivity index (χ4n) is 5.41. The molecule has 178 valence electrons. The van der Waals surface area contributed by atoms with E-state index in [9.17, 15) is 9.59 Å². The quantitative estimate of drug-likeness (QED) is 0.588. The van der Waals surface area contributed by atoms with Gasteiger partial charge in [-0.15, -0.1) is 0 Å². The molecule has 2 amide bonds. The first-order chi connectivity index (χ1) is 16.5. The third-order valence-corrected chi connectivity index (χ3v) is 6.89. The molecule has 1 N–H and O–H groups in total. The van der Waals surface area contributed by atoms with E-state index < -0.39 is 12.1 Å². The Kier molecular flexibility index (Phi) is 6.04. The monoisotopic (exact) mass is 460 g/mol. The van der Waals surface area contributed by atoms with Crippen molar-refractivity contribution in [3.63, 3.8) is 0 Å². The minimum atomic E-state index is -0.521. The van der Waals surface area contributed by atoms with Gasteiger partial charge < -0.3 is 24.4 Å². The summed E-state index contributed by atoms with van der Waals surface area (Å²) in [6.07, 6.45) is 1.36. The van der Waals surface area contributed by atoms with Crippen LogP contribution in [0.5, 0.6) is 5.75 Å². The van der Waals surface area contributed by atoms with Gasteiger partial charge in [-0.05, 0) is 51.7 Å². The number of benzene rings is 2. The number of fused-ring (bicyclic) bond motifs is 4. The number of hydrogen-bond donors (Lipinski definition) is 1. The van der Waals surface area contributed by atoms with Gasteiger partial charge in [0.15, 0.2) is 0 Å². The Morgan fingerprint density at radius 1 is 1.09 bits per heavy atom. The zero-order valence-electron chi connectivity index (χ0n) is 20.1. The number of aromatic nitrogens is 1. The Hall–Kier alpha value is -3.32. The maximum absolute atomic E-state index is 13.7. The van der Waals surface area contributed by atoms with Crippen molar-refractivity contribution >= 4 is 22.7 Å². The van der Waals surface area contributed by atoms with E-state index in [0.29, 0.717) is 19.6 Å². The summed E-state index contributed by atoms with van der Waals surface area (Å²) in [4.78, 5) is 36.6. The van der Waals surface area contributed by atoms with E-state index in [0.717, 1.165) is 46.4 Å². The second kappa shape index (κ2) is 9.14. The number of aromatic amines is 1. The standard InChI is InChI=1S/C27H32N4O3/c1-4-34-23-13-8-6-11-19(23)26-25-20(18-10-5-7-12-21(18)28-25)16-22-27(33)30(15-9-14-29(2)3)17-24(32)31(22)26/h5-8,10-13,22,26,28H,4,9,14-17H2,1-3H3. The van der Waals surface area contributed by atoms with E-state index in [1.54, 1.807) is 9.80 Å².